The number of ether oxygens (including phenoxy) is 1. The number of aromatic amines is 1. The summed E-state index contributed by atoms with van der Waals surface area (Å²) in [5, 5.41) is 1.81. The van der Waals surface area contributed by atoms with Crippen LogP contribution in [0.15, 0.2) is 12.1 Å². The smallest absolute Gasteiger partial charge is 0.138 e. The van der Waals surface area contributed by atoms with Crippen molar-refractivity contribution in [3.05, 3.63) is 28.4 Å². The van der Waals surface area contributed by atoms with Crippen molar-refractivity contribution < 1.29 is 4.74 Å². The molecule has 1 N–H and O–H groups in total. The van der Waals surface area contributed by atoms with Gasteiger partial charge in [0.25, 0.3) is 0 Å². The number of H-pyrrole nitrogens is 1. The van der Waals surface area contributed by atoms with E-state index < -0.39 is 0 Å². The predicted molar refractivity (Wildman–Crippen MR) is 59.3 cm³/mol. The number of rotatable bonds is 1. The Morgan fingerprint density at radius 3 is 2.64 bits per heavy atom. The highest BCUT2D eigenvalue weighted by Gasteiger charge is 2.08. The molecule has 1 aromatic carbocycles. The van der Waals surface area contributed by atoms with Crippen LogP contribution in [0, 0.1) is 13.8 Å². The maximum absolute atomic E-state index is 6.02. The van der Waals surface area contributed by atoms with Crippen molar-refractivity contribution in [3.8, 4) is 5.75 Å². The zero-order valence-corrected chi connectivity index (χ0v) is 9.20. The van der Waals surface area contributed by atoms with Gasteiger partial charge in [0.2, 0.25) is 0 Å². The topological polar surface area (TPSA) is 25.0 Å². The molecule has 0 aliphatic heterocycles. The van der Waals surface area contributed by atoms with E-state index in [1.54, 1.807) is 7.11 Å². The quantitative estimate of drug-likeness (QED) is 0.765. The summed E-state index contributed by atoms with van der Waals surface area (Å²) in [6.45, 7) is 4.14. The number of hydrogen-bond donors (Lipinski definition) is 1. The molecule has 1 aromatic heterocycles. The third-order valence-corrected chi connectivity index (χ3v) is 2.88. The fourth-order valence-electron chi connectivity index (χ4n) is 1.62. The monoisotopic (exact) mass is 209 g/mol. The van der Waals surface area contributed by atoms with Gasteiger partial charge in [-0.05, 0) is 31.5 Å². The number of nitrogens with one attached hydrogen (secondary N) is 1. The highest BCUT2D eigenvalue weighted by molar-refractivity contribution is 6.32. The highest BCUT2D eigenvalue weighted by atomic mass is 35.5. The van der Waals surface area contributed by atoms with Gasteiger partial charge in [0, 0.05) is 16.6 Å². The Balaban J connectivity index is 2.80. The summed E-state index contributed by atoms with van der Waals surface area (Å²) < 4.78 is 5.17. The lowest BCUT2D eigenvalue weighted by molar-refractivity contribution is 0.415. The average Bonchev–Trinajstić information content (AvgIpc) is 2.41. The fourth-order valence-corrected chi connectivity index (χ4v) is 1.86. The summed E-state index contributed by atoms with van der Waals surface area (Å²) in [6, 6.07) is 3.87. The molecular weight excluding hydrogens is 198 g/mol. The van der Waals surface area contributed by atoms with Crippen LogP contribution >= 0.6 is 11.6 Å². The van der Waals surface area contributed by atoms with Gasteiger partial charge >= 0.3 is 0 Å². The molecule has 14 heavy (non-hydrogen) atoms. The lowest BCUT2D eigenvalue weighted by atomic mass is 10.1. The van der Waals surface area contributed by atoms with Gasteiger partial charge in [-0.1, -0.05) is 11.6 Å². The largest absolute Gasteiger partial charge is 0.495 e. The summed E-state index contributed by atoms with van der Waals surface area (Å²) in [4.78, 5) is 3.28. The van der Waals surface area contributed by atoms with Crippen molar-refractivity contribution in [3.63, 3.8) is 0 Å². The third-order valence-electron chi connectivity index (χ3n) is 2.58. The number of benzene rings is 1. The number of aryl methyl sites for hydroxylation is 2. The van der Waals surface area contributed by atoms with Crippen LogP contribution in [-0.2, 0) is 0 Å². The molecule has 0 fully saturated rings. The second-order valence-corrected chi connectivity index (χ2v) is 3.81. The first-order valence-corrected chi connectivity index (χ1v) is 4.83. The van der Waals surface area contributed by atoms with Gasteiger partial charge in [0.05, 0.1) is 12.1 Å². The van der Waals surface area contributed by atoms with Crippen molar-refractivity contribution >= 4 is 22.5 Å². The van der Waals surface area contributed by atoms with Crippen molar-refractivity contribution in [2.45, 2.75) is 13.8 Å². The van der Waals surface area contributed by atoms with Crippen LogP contribution < -0.4 is 4.74 Å². The molecule has 0 aliphatic carbocycles. The molecule has 0 saturated carbocycles. The van der Waals surface area contributed by atoms with E-state index in [2.05, 4.69) is 18.8 Å². The number of halogens is 1. The molecule has 1 heterocycles. The molecule has 0 unspecified atom stereocenters. The van der Waals surface area contributed by atoms with Gasteiger partial charge in [-0.25, -0.2) is 0 Å². The lowest BCUT2D eigenvalue weighted by Crippen LogP contribution is -1.83. The van der Waals surface area contributed by atoms with Crippen molar-refractivity contribution in [1.82, 2.24) is 4.98 Å². The van der Waals surface area contributed by atoms with Crippen molar-refractivity contribution in [2.75, 3.05) is 7.11 Å². The van der Waals surface area contributed by atoms with Crippen LogP contribution in [0.5, 0.6) is 5.75 Å². The Labute approximate surface area is 87.8 Å². The maximum Gasteiger partial charge on any atom is 0.138 e. The summed E-state index contributed by atoms with van der Waals surface area (Å²) in [7, 11) is 1.63. The molecule has 3 heteroatoms. The van der Waals surface area contributed by atoms with Gasteiger partial charge in [-0.15, -0.1) is 0 Å². The minimum absolute atomic E-state index is 0.640. The first-order valence-electron chi connectivity index (χ1n) is 4.46. The average molecular weight is 210 g/mol. The van der Waals surface area contributed by atoms with Crippen LogP contribution in [0.4, 0.5) is 0 Å². The molecule has 2 nitrogen and oxygen atoms in total. The van der Waals surface area contributed by atoms with Gasteiger partial charge in [0.15, 0.2) is 0 Å². The Bertz CT molecular complexity index is 487. The number of aromatic nitrogens is 1. The van der Waals surface area contributed by atoms with Crippen LogP contribution in [-0.4, -0.2) is 12.1 Å². The molecule has 0 atom stereocenters. The Morgan fingerprint density at radius 2 is 2.00 bits per heavy atom. The molecule has 0 radical (unpaired) electrons. The van der Waals surface area contributed by atoms with E-state index in [4.69, 9.17) is 16.3 Å². The molecule has 2 aromatic rings. The third kappa shape index (κ3) is 1.26. The number of fused-ring (bicyclic) bond motifs is 1. The molecular formula is C11H12ClNO. The van der Waals surface area contributed by atoms with Gasteiger partial charge < -0.3 is 9.72 Å². The summed E-state index contributed by atoms with van der Waals surface area (Å²) in [5.74, 6) is 0.723. The van der Waals surface area contributed by atoms with E-state index in [1.807, 2.05) is 12.1 Å². The highest BCUT2D eigenvalue weighted by Crippen LogP contribution is 2.32. The lowest BCUT2D eigenvalue weighted by Gasteiger charge is -2.02. The zero-order chi connectivity index (χ0) is 10.3. The van der Waals surface area contributed by atoms with E-state index in [9.17, 15) is 0 Å². The van der Waals surface area contributed by atoms with Gasteiger partial charge in [-0.2, -0.15) is 0 Å². The molecule has 0 amide bonds. The number of hydrogen-bond acceptors (Lipinski definition) is 1. The minimum atomic E-state index is 0.640. The van der Waals surface area contributed by atoms with Crippen LogP contribution in [0.1, 0.15) is 11.3 Å². The van der Waals surface area contributed by atoms with Gasteiger partial charge in [0.1, 0.15) is 5.75 Å². The first-order chi connectivity index (χ1) is 6.63. The van der Waals surface area contributed by atoms with Gasteiger partial charge in [-0.3, -0.25) is 0 Å². The zero-order valence-electron chi connectivity index (χ0n) is 8.44. The van der Waals surface area contributed by atoms with E-state index in [0.29, 0.717) is 5.02 Å². The first kappa shape index (κ1) is 9.41. The van der Waals surface area contributed by atoms with Crippen molar-refractivity contribution in [1.29, 1.82) is 0 Å². The van der Waals surface area contributed by atoms with Crippen molar-refractivity contribution in [2.24, 2.45) is 0 Å². The molecule has 74 valence electrons. The SMILES string of the molecule is COc1cc2c(C)c(C)[nH]c2cc1Cl. The van der Waals surface area contributed by atoms with Crippen LogP contribution in [0.25, 0.3) is 10.9 Å². The van der Waals surface area contributed by atoms with E-state index in [0.717, 1.165) is 11.3 Å². The fraction of sp³-hybridized carbons (Fsp3) is 0.273. The Morgan fingerprint density at radius 1 is 1.29 bits per heavy atom. The molecule has 2 rings (SSSR count). The molecule has 0 saturated heterocycles. The van der Waals surface area contributed by atoms with Crippen LogP contribution in [0.3, 0.4) is 0 Å². The standard InChI is InChI=1S/C11H12ClNO/c1-6-7(2)13-10-5-9(12)11(14-3)4-8(6)10/h4-5,13H,1-3H3. The normalized spacial score (nSPS) is 10.9. The summed E-state index contributed by atoms with van der Waals surface area (Å²) in [5.41, 5.74) is 3.48. The number of methoxy groups -OCH3 is 1. The van der Waals surface area contributed by atoms with E-state index in [1.165, 1.54) is 16.6 Å². The summed E-state index contributed by atoms with van der Waals surface area (Å²) >= 11 is 6.02. The second kappa shape index (κ2) is 3.21. The van der Waals surface area contributed by atoms with Crippen LogP contribution in [0.2, 0.25) is 5.02 Å². The Hall–Kier alpha value is -1.15. The summed E-state index contributed by atoms with van der Waals surface area (Å²) in [6.07, 6.45) is 0. The molecule has 0 spiro atoms. The van der Waals surface area contributed by atoms with E-state index in [-0.39, 0.29) is 0 Å². The van der Waals surface area contributed by atoms with E-state index >= 15 is 0 Å². The minimum Gasteiger partial charge on any atom is -0.495 e. The maximum atomic E-state index is 6.02. The Kier molecular flexibility index (Phi) is 2.16. The molecule has 0 aliphatic rings. The second-order valence-electron chi connectivity index (χ2n) is 3.41. The predicted octanol–water partition coefficient (Wildman–Crippen LogP) is 3.45. The molecule has 0 bridgehead atoms.